The molecule has 1 fully saturated rings. The number of hydrogen-bond donors (Lipinski definition) is 2. The Balaban J connectivity index is 1.50. The van der Waals surface area contributed by atoms with Crippen molar-refractivity contribution in [1.82, 2.24) is 4.31 Å². The Hall–Kier alpha value is -2.88. The zero-order valence-corrected chi connectivity index (χ0v) is 19.7. The number of carbonyl (C=O) groups excluding carboxylic acids is 2. The number of Topliss-reactive ketones (excluding diaryl/α,β-unsaturated/α-hetero) is 1. The number of benzene rings is 3. The molecule has 172 valence electrons. The molecule has 0 aliphatic carbocycles. The number of ketones is 1. The van der Waals surface area contributed by atoms with Gasteiger partial charge in [0, 0.05) is 17.5 Å². The summed E-state index contributed by atoms with van der Waals surface area (Å²) in [5.74, 6) is -0.689. The first kappa shape index (κ1) is 23.3. The topological polar surface area (TPSA) is 92.8 Å². The van der Waals surface area contributed by atoms with E-state index < -0.39 is 22.0 Å². The Morgan fingerprint density at radius 2 is 1.76 bits per heavy atom. The monoisotopic (exact) mass is 484 g/mol. The van der Waals surface area contributed by atoms with Crippen LogP contribution in [0, 0.1) is 0 Å². The fraction of sp³-hybridized carbons (Fsp3) is 0.250. The van der Waals surface area contributed by atoms with Crippen LogP contribution in [0.3, 0.4) is 0 Å². The number of rotatable bonds is 7. The minimum atomic E-state index is -3.87. The number of carbonyl (C=O) groups is 2. The van der Waals surface area contributed by atoms with Gasteiger partial charge in [-0.1, -0.05) is 30.3 Å². The average molecular weight is 485 g/mol. The summed E-state index contributed by atoms with van der Waals surface area (Å²) < 4.78 is 32.8. The highest BCUT2D eigenvalue weighted by atomic mass is 32.2. The van der Waals surface area contributed by atoms with E-state index in [1.54, 1.807) is 42.5 Å². The molecule has 1 heterocycles. The molecule has 0 amide bonds. The van der Waals surface area contributed by atoms with E-state index >= 15 is 0 Å². The number of ether oxygens (including phenoxy) is 1. The molecule has 4 rings (SSSR count). The van der Waals surface area contributed by atoms with Gasteiger partial charge in [-0.25, -0.2) is 13.2 Å². The van der Waals surface area contributed by atoms with Gasteiger partial charge >= 0.3 is 5.97 Å². The first-order valence-corrected chi connectivity index (χ1v) is 12.4. The second kappa shape index (κ2) is 9.54. The van der Waals surface area contributed by atoms with Crippen molar-refractivity contribution in [1.29, 1.82) is 0 Å². The Kier molecular flexibility index (Phi) is 6.73. The molecule has 33 heavy (non-hydrogen) atoms. The summed E-state index contributed by atoms with van der Waals surface area (Å²) in [6.45, 7) is 0.120. The van der Waals surface area contributed by atoms with Crippen molar-refractivity contribution in [2.24, 2.45) is 0 Å². The molecule has 1 aliphatic heterocycles. The number of methoxy groups -OCH3 is 1. The maximum Gasteiger partial charge on any atom is 0.337 e. The minimum Gasteiger partial charge on any atom is -0.465 e. The number of sulfonamides is 1. The van der Waals surface area contributed by atoms with E-state index in [-0.39, 0.29) is 29.0 Å². The van der Waals surface area contributed by atoms with Crippen LogP contribution in [0.25, 0.3) is 10.8 Å². The zero-order valence-electron chi connectivity index (χ0n) is 18.0. The minimum absolute atomic E-state index is 0.0491. The van der Waals surface area contributed by atoms with Crippen molar-refractivity contribution in [3.05, 3.63) is 72.3 Å². The van der Waals surface area contributed by atoms with Crippen molar-refractivity contribution < 1.29 is 22.7 Å². The van der Waals surface area contributed by atoms with Crippen molar-refractivity contribution in [3.8, 4) is 0 Å². The molecule has 9 heteroatoms. The van der Waals surface area contributed by atoms with E-state index in [0.29, 0.717) is 17.7 Å². The number of hydrogen-bond acceptors (Lipinski definition) is 7. The normalized spacial score (nSPS) is 18.8. The van der Waals surface area contributed by atoms with Gasteiger partial charge in [-0.2, -0.15) is 16.9 Å². The molecule has 1 saturated heterocycles. The van der Waals surface area contributed by atoms with Crippen LogP contribution in [0.1, 0.15) is 16.8 Å². The highest BCUT2D eigenvalue weighted by molar-refractivity contribution is 7.89. The predicted octanol–water partition coefficient (Wildman–Crippen LogP) is 3.37. The summed E-state index contributed by atoms with van der Waals surface area (Å²) >= 11 is 4.46. The summed E-state index contributed by atoms with van der Waals surface area (Å²) in [7, 11) is -2.57. The zero-order chi connectivity index (χ0) is 23.6. The Morgan fingerprint density at radius 3 is 2.45 bits per heavy atom. The van der Waals surface area contributed by atoms with E-state index in [9.17, 15) is 18.0 Å². The summed E-state index contributed by atoms with van der Waals surface area (Å²) in [5, 5.41) is 4.54. The SMILES string of the molecule is COC(=O)c1ccc(NCC(=O)C2CC(S)CN2S(=O)(=O)c2ccc3ccccc3c2)cc1. The van der Waals surface area contributed by atoms with Crippen molar-refractivity contribution >= 4 is 50.9 Å². The smallest absolute Gasteiger partial charge is 0.337 e. The summed E-state index contributed by atoms with van der Waals surface area (Å²) in [5.41, 5.74) is 1.04. The lowest BCUT2D eigenvalue weighted by Gasteiger charge is -2.23. The first-order chi connectivity index (χ1) is 15.8. The molecular weight excluding hydrogens is 460 g/mol. The van der Waals surface area contributed by atoms with Crippen LogP contribution in [0.4, 0.5) is 5.69 Å². The van der Waals surface area contributed by atoms with Crippen molar-refractivity contribution in [2.45, 2.75) is 22.6 Å². The van der Waals surface area contributed by atoms with E-state index in [1.807, 2.05) is 24.3 Å². The van der Waals surface area contributed by atoms with E-state index in [2.05, 4.69) is 22.7 Å². The maximum atomic E-state index is 13.4. The highest BCUT2D eigenvalue weighted by Crippen LogP contribution is 2.30. The third-order valence-corrected chi connectivity index (χ3v) is 7.95. The van der Waals surface area contributed by atoms with Crippen LogP contribution >= 0.6 is 12.6 Å². The number of anilines is 1. The maximum absolute atomic E-state index is 13.4. The van der Waals surface area contributed by atoms with E-state index in [4.69, 9.17) is 0 Å². The first-order valence-electron chi connectivity index (χ1n) is 10.4. The third kappa shape index (κ3) is 4.90. The number of esters is 1. The van der Waals surface area contributed by atoms with Crippen LogP contribution in [-0.2, 0) is 19.6 Å². The van der Waals surface area contributed by atoms with Crippen molar-refractivity contribution in [2.75, 3.05) is 25.5 Å². The predicted molar refractivity (Wildman–Crippen MR) is 130 cm³/mol. The molecule has 0 radical (unpaired) electrons. The van der Waals surface area contributed by atoms with Gasteiger partial charge in [0.15, 0.2) is 5.78 Å². The van der Waals surface area contributed by atoms with Gasteiger partial charge in [0.25, 0.3) is 0 Å². The van der Waals surface area contributed by atoms with Crippen LogP contribution in [0.2, 0.25) is 0 Å². The standard InChI is InChI=1S/C24H24N2O5S2/c1-31-24(28)17-6-9-19(10-7-17)25-14-23(27)22-13-20(32)15-26(22)33(29,30)21-11-8-16-4-2-3-5-18(16)12-21/h2-12,20,22,25,32H,13-15H2,1H3. The van der Waals surface area contributed by atoms with E-state index in [0.717, 1.165) is 10.8 Å². The van der Waals surface area contributed by atoms with Gasteiger partial charge in [-0.15, -0.1) is 0 Å². The number of thiol groups is 1. The Labute approximate surface area is 198 Å². The van der Waals surface area contributed by atoms with Gasteiger partial charge < -0.3 is 10.1 Å². The quantitative estimate of drug-likeness (QED) is 0.395. The molecule has 2 unspecified atom stereocenters. The fourth-order valence-electron chi connectivity index (χ4n) is 3.95. The van der Waals surface area contributed by atoms with E-state index in [1.165, 1.54) is 11.4 Å². The number of nitrogens with zero attached hydrogens (tertiary/aromatic N) is 1. The molecule has 0 spiro atoms. The summed E-state index contributed by atoms with van der Waals surface area (Å²) in [6.07, 6.45) is 0.345. The molecule has 0 aromatic heterocycles. The van der Waals surface area contributed by atoms with Gasteiger partial charge in [0.05, 0.1) is 30.2 Å². The molecule has 3 aromatic rings. The molecular formula is C24H24N2O5S2. The molecule has 2 atom stereocenters. The lowest BCUT2D eigenvalue weighted by Crippen LogP contribution is -2.42. The molecule has 1 N–H and O–H groups in total. The Morgan fingerprint density at radius 1 is 1.06 bits per heavy atom. The fourth-order valence-corrected chi connectivity index (χ4v) is 6.14. The second-order valence-electron chi connectivity index (χ2n) is 7.88. The summed E-state index contributed by atoms with van der Waals surface area (Å²) in [4.78, 5) is 24.7. The number of fused-ring (bicyclic) bond motifs is 1. The van der Waals surface area contributed by atoms with Crippen LogP contribution < -0.4 is 5.32 Å². The largest absolute Gasteiger partial charge is 0.465 e. The van der Waals surface area contributed by atoms with Gasteiger partial charge in [-0.05, 0) is 53.6 Å². The second-order valence-corrected chi connectivity index (χ2v) is 10.5. The molecule has 0 saturated carbocycles. The Bertz CT molecular complexity index is 1290. The molecule has 3 aromatic carbocycles. The number of nitrogens with one attached hydrogen (secondary N) is 1. The van der Waals surface area contributed by atoms with Crippen LogP contribution in [0.5, 0.6) is 0 Å². The molecule has 7 nitrogen and oxygen atoms in total. The highest BCUT2D eigenvalue weighted by Gasteiger charge is 2.42. The van der Waals surface area contributed by atoms with Crippen molar-refractivity contribution in [3.63, 3.8) is 0 Å². The van der Waals surface area contributed by atoms with Crippen LogP contribution in [-0.4, -0.2) is 56.0 Å². The lowest BCUT2D eigenvalue weighted by molar-refractivity contribution is -0.120. The lowest BCUT2D eigenvalue weighted by atomic mass is 10.1. The third-order valence-electron chi connectivity index (χ3n) is 5.71. The van der Waals surface area contributed by atoms with Gasteiger partial charge in [-0.3, -0.25) is 4.79 Å². The van der Waals surface area contributed by atoms with Gasteiger partial charge in [0.2, 0.25) is 10.0 Å². The van der Waals surface area contributed by atoms with Crippen LogP contribution in [0.15, 0.2) is 71.6 Å². The molecule has 1 aliphatic rings. The molecule has 0 bridgehead atoms. The van der Waals surface area contributed by atoms with Gasteiger partial charge in [0.1, 0.15) is 0 Å². The average Bonchev–Trinajstić information content (AvgIpc) is 3.24. The summed E-state index contributed by atoms with van der Waals surface area (Å²) in [6, 6.07) is 18.2.